The lowest BCUT2D eigenvalue weighted by Crippen LogP contribution is -2.37. The Labute approximate surface area is 172 Å². The number of hydrogen-bond donors (Lipinski definition) is 0. The Bertz CT molecular complexity index is 1090. The standard InChI is InChI=1S/C25H25N3O/c1-25(2,3)21-8-10-22(11-9-21)28-15-13-19(16-26)23(28)24(29)27-14-12-18-6-4-5-7-20(18)17-27/h4-11,13,15H,12,14,17H2,1-3H3. The van der Waals surface area contributed by atoms with Crippen LogP contribution in [0.5, 0.6) is 0 Å². The second kappa shape index (κ2) is 7.25. The lowest BCUT2D eigenvalue weighted by Gasteiger charge is -2.29. The molecule has 4 rings (SSSR count). The summed E-state index contributed by atoms with van der Waals surface area (Å²) in [6.07, 6.45) is 2.65. The van der Waals surface area contributed by atoms with Crippen LogP contribution in [-0.4, -0.2) is 21.9 Å². The first kappa shape index (κ1) is 19.0. The molecule has 2 heterocycles. The second-order valence-corrected chi connectivity index (χ2v) is 8.60. The molecule has 0 atom stereocenters. The molecule has 1 aliphatic heterocycles. The zero-order valence-corrected chi connectivity index (χ0v) is 17.1. The first-order valence-corrected chi connectivity index (χ1v) is 9.97. The third kappa shape index (κ3) is 3.56. The highest BCUT2D eigenvalue weighted by Crippen LogP contribution is 2.26. The third-order valence-electron chi connectivity index (χ3n) is 5.64. The van der Waals surface area contributed by atoms with Crippen molar-refractivity contribution in [1.82, 2.24) is 9.47 Å². The molecule has 0 radical (unpaired) electrons. The monoisotopic (exact) mass is 383 g/mol. The predicted octanol–water partition coefficient (Wildman–Crippen LogP) is 4.84. The zero-order chi connectivity index (χ0) is 20.6. The summed E-state index contributed by atoms with van der Waals surface area (Å²) in [7, 11) is 0. The Morgan fingerprint density at radius 2 is 1.69 bits per heavy atom. The van der Waals surface area contributed by atoms with Gasteiger partial charge in [-0.3, -0.25) is 4.79 Å². The largest absolute Gasteiger partial charge is 0.333 e. The first-order chi connectivity index (χ1) is 13.9. The highest BCUT2D eigenvalue weighted by molar-refractivity contribution is 5.96. The molecule has 0 aliphatic carbocycles. The van der Waals surface area contributed by atoms with Crippen molar-refractivity contribution in [2.24, 2.45) is 0 Å². The van der Waals surface area contributed by atoms with E-state index in [1.54, 1.807) is 6.07 Å². The van der Waals surface area contributed by atoms with Crippen molar-refractivity contribution in [3.8, 4) is 11.8 Å². The van der Waals surface area contributed by atoms with Crippen molar-refractivity contribution in [2.45, 2.75) is 39.2 Å². The maximum absolute atomic E-state index is 13.4. The molecular formula is C25H25N3O. The number of carbonyl (C=O) groups excluding carboxylic acids is 1. The van der Waals surface area contributed by atoms with Gasteiger partial charge in [0, 0.05) is 25.0 Å². The van der Waals surface area contributed by atoms with Gasteiger partial charge in [-0.1, -0.05) is 57.2 Å². The first-order valence-electron chi connectivity index (χ1n) is 9.97. The van der Waals surface area contributed by atoms with E-state index in [0.29, 0.717) is 24.3 Å². The van der Waals surface area contributed by atoms with Crippen molar-refractivity contribution in [1.29, 1.82) is 5.26 Å². The van der Waals surface area contributed by atoms with Crippen LogP contribution >= 0.6 is 0 Å². The molecule has 146 valence electrons. The van der Waals surface area contributed by atoms with Crippen LogP contribution in [0.4, 0.5) is 0 Å². The molecule has 1 amide bonds. The lowest BCUT2D eigenvalue weighted by molar-refractivity contribution is 0.0726. The molecule has 0 fully saturated rings. The molecule has 2 aromatic carbocycles. The number of nitrogens with zero attached hydrogens (tertiary/aromatic N) is 3. The summed E-state index contributed by atoms with van der Waals surface area (Å²) < 4.78 is 1.84. The van der Waals surface area contributed by atoms with E-state index < -0.39 is 0 Å². The highest BCUT2D eigenvalue weighted by Gasteiger charge is 2.27. The molecule has 1 aromatic heterocycles. The van der Waals surface area contributed by atoms with Crippen LogP contribution < -0.4 is 0 Å². The van der Waals surface area contributed by atoms with E-state index in [0.717, 1.165) is 12.1 Å². The number of benzene rings is 2. The van der Waals surface area contributed by atoms with Crippen LogP contribution in [0, 0.1) is 11.3 Å². The highest BCUT2D eigenvalue weighted by atomic mass is 16.2. The minimum absolute atomic E-state index is 0.0624. The van der Waals surface area contributed by atoms with Crippen molar-refractivity contribution >= 4 is 5.91 Å². The number of nitriles is 1. The molecule has 29 heavy (non-hydrogen) atoms. The maximum Gasteiger partial charge on any atom is 0.272 e. The molecule has 0 unspecified atom stereocenters. The SMILES string of the molecule is CC(C)(C)c1ccc(-n2ccc(C#N)c2C(=O)N2CCc3ccccc3C2)cc1. The van der Waals surface area contributed by atoms with E-state index in [9.17, 15) is 10.1 Å². The van der Waals surface area contributed by atoms with Gasteiger partial charge in [0.25, 0.3) is 5.91 Å². The summed E-state index contributed by atoms with van der Waals surface area (Å²) in [4.78, 5) is 15.3. The van der Waals surface area contributed by atoms with Gasteiger partial charge in [0.05, 0.1) is 5.56 Å². The third-order valence-corrected chi connectivity index (χ3v) is 5.64. The van der Waals surface area contributed by atoms with Gasteiger partial charge >= 0.3 is 0 Å². The summed E-state index contributed by atoms with van der Waals surface area (Å²) in [6.45, 7) is 7.76. The topological polar surface area (TPSA) is 49.0 Å². The van der Waals surface area contributed by atoms with E-state index in [1.807, 2.05) is 39.9 Å². The van der Waals surface area contributed by atoms with Gasteiger partial charge in [-0.2, -0.15) is 5.26 Å². The molecule has 0 saturated heterocycles. The predicted molar refractivity (Wildman–Crippen MR) is 114 cm³/mol. The van der Waals surface area contributed by atoms with E-state index in [-0.39, 0.29) is 11.3 Å². The fourth-order valence-electron chi connectivity index (χ4n) is 3.90. The van der Waals surface area contributed by atoms with E-state index in [1.165, 1.54) is 16.7 Å². The summed E-state index contributed by atoms with van der Waals surface area (Å²) in [5.74, 6) is -0.0963. The number of hydrogen-bond acceptors (Lipinski definition) is 2. The molecule has 4 nitrogen and oxygen atoms in total. The van der Waals surface area contributed by atoms with Crippen molar-refractivity contribution in [3.63, 3.8) is 0 Å². The fraction of sp³-hybridized carbons (Fsp3) is 0.280. The number of aromatic nitrogens is 1. The van der Waals surface area contributed by atoms with Gasteiger partial charge in [0.15, 0.2) is 0 Å². The van der Waals surface area contributed by atoms with Crippen molar-refractivity contribution < 1.29 is 4.79 Å². The van der Waals surface area contributed by atoms with E-state index in [2.05, 4.69) is 51.1 Å². The Morgan fingerprint density at radius 1 is 1.00 bits per heavy atom. The molecular weight excluding hydrogens is 358 g/mol. The van der Waals surface area contributed by atoms with Gasteiger partial charge < -0.3 is 9.47 Å². The number of amides is 1. The summed E-state index contributed by atoms with van der Waals surface area (Å²) in [5, 5.41) is 9.60. The van der Waals surface area contributed by atoms with Gasteiger partial charge in [-0.25, -0.2) is 0 Å². The smallest absolute Gasteiger partial charge is 0.272 e. The van der Waals surface area contributed by atoms with Gasteiger partial charge in [-0.05, 0) is 46.7 Å². The van der Waals surface area contributed by atoms with Crippen molar-refractivity contribution in [2.75, 3.05) is 6.54 Å². The van der Waals surface area contributed by atoms with E-state index >= 15 is 0 Å². The average molecular weight is 383 g/mol. The van der Waals surface area contributed by atoms with Crippen LogP contribution in [0.15, 0.2) is 60.8 Å². The molecule has 1 aliphatic rings. The van der Waals surface area contributed by atoms with Crippen LogP contribution in [0.3, 0.4) is 0 Å². The molecule has 0 saturated carbocycles. The Balaban J connectivity index is 1.69. The Kier molecular flexibility index (Phi) is 4.76. The van der Waals surface area contributed by atoms with Gasteiger partial charge in [-0.15, -0.1) is 0 Å². The minimum atomic E-state index is -0.0963. The summed E-state index contributed by atoms with van der Waals surface area (Å²) in [6, 6.07) is 20.4. The van der Waals surface area contributed by atoms with Crippen LogP contribution in [-0.2, 0) is 18.4 Å². The average Bonchev–Trinajstić information content (AvgIpc) is 3.16. The van der Waals surface area contributed by atoms with Gasteiger partial charge in [0.2, 0.25) is 0 Å². The molecule has 0 bridgehead atoms. The Morgan fingerprint density at radius 3 is 2.34 bits per heavy atom. The van der Waals surface area contributed by atoms with Gasteiger partial charge in [0.1, 0.15) is 11.8 Å². The summed E-state index contributed by atoms with van der Waals surface area (Å²) >= 11 is 0. The minimum Gasteiger partial charge on any atom is -0.333 e. The van der Waals surface area contributed by atoms with E-state index in [4.69, 9.17) is 0 Å². The quantitative estimate of drug-likeness (QED) is 0.635. The normalized spacial score (nSPS) is 13.7. The zero-order valence-electron chi connectivity index (χ0n) is 17.1. The number of fused-ring (bicyclic) bond motifs is 1. The van der Waals surface area contributed by atoms with Crippen LogP contribution in [0.1, 0.15) is 53.5 Å². The van der Waals surface area contributed by atoms with Crippen LogP contribution in [0.2, 0.25) is 0 Å². The maximum atomic E-state index is 13.4. The number of carbonyl (C=O) groups is 1. The second-order valence-electron chi connectivity index (χ2n) is 8.60. The summed E-state index contributed by atoms with van der Waals surface area (Å²) in [5.41, 5.74) is 5.51. The fourth-order valence-corrected chi connectivity index (χ4v) is 3.90. The number of rotatable bonds is 2. The Hall–Kier alpha value is -3.32. The molecule has 0 N–H and O–H groups in total. The molecule has 0 spiro atoms. The van der Waals surface area contributed by atoms with Crippen molar-refractivity contribution in [3.05, 3.63) is 88.7 Å². The molecule has 4 heteroatoms. The molecule has 3 aromatic rings. The van der Waals surface area contributed by atoms with Crippen LogP contribution in [0.25, 0.3) is 5.69 Å². The lowest BCUT2D eigenvalue weighted by atomic mass is 9.87.